The van der Waals surface area contributed by atoms with E-state index in [0.29, 0.717) is 5.41 Å². The molecule has 118 valence electrons. The van der Waals surface area contributed by atoms with E-state index in [1.54, 1.807) is 0 Å². The van der Waals surface area contributed by atoms with Gasteiger partial charge in [-0.2, -0.15) is 0 Å². The van der Waals surface area contributed by atoms with E-state index in [4.69, 9.17) is 5.11 Å². The van der Waals surface area contributed by atoms with Crippen molar-refractivity contribution in [3.8, 4) is 0 Å². The summed E-state index contributed by atoms with van der Waals surface area (Å²) in [5.74, 6) is -0.645. The molecule has 2 rings (SSSR count). The minimum Gasteiger partial charge on any atom is -0.481 e. The van der Waals surface area contributed by atoms with Crippen LogP contribution in [0.2, 0.25) is 0 Å². The highest BCUT2D eigenvalue weighted by molar-refractivity contribution is 14.1. The van der Waals surface area contributed by atoms with Crippen LogP contribution in [-0.2, 0) is 4.79 Å². The lowest BCUT2D eigenvalue weighted by Gasteiger charge is -2.44. The predicted octanol–water partition coefficient (Wildman–Crippen LogP) is 4.19. The lowest BCUT2D eigenvalue weighted by Crippen LogP contribution is -2.40. The molecule has 4 heteroatoms. The van der Waals surface area contributed by atoms with E-state index in [9.17, 15) is 4.79 Å². The Hall–Kier alpha value is 0.160. The van der Waals surface area contributed by atoms with Crippen LogP contribution in [0.25, 0.3) is 0 Å². The van der Waals surface area contributed by atoms with Gasteiger partial charge in [0.05, 0.1) is 5.92 Å². The Morgan fingerprint density at radius 1 is 1.30 bits per heavy atom. The molecule has 0 radical (unpaired) electrons. The first-order valence-electron chi connectivity index (χ1n) is 7.94. The van der Waals surface area contributed by atoms with Gasteiger partial charge in [0.15, 0.2) is 0 Å². The maximum atomic E-state index is 10.9. The third-order valence-corrected chi connectivity index (χ3v) is 5.89. The van der Waals surface area contributed by atoms with Gasteiger partial charge in [0.1, 0.15) is 0 Å². The Morgan fingerprint density at radius 3 is 2.10 bits per heavy atom. The summed E-state index contributed by atoms with van der Waals surface area (Å²) >= 11 is 2.41. The van der Waals surface area contributed by atoms with Crippen LogP contribution in [0, 0.1) is 11.3 Å². The summed E-state index contributed by atoms with van der Waals surface area (Å²) < 4.78 is 0.854. The van der Waals surface area contributed by atoms with Gasteiger partial charge in [-0.05, 0) is 70.5 Å². The molecule has 3 nitrogen and oxygen atoms in total. The lowest BCUT2D eigenvalue weighted by molar-refractivity contribution is -0.144. The lowest BCUT2D eigenvalue weighted by atomic mass is 9.65. The van der Waals surface area contributed by atoms with Crippen molar-refractivity contribution in [1.82, 2.24) is 4.90 Å². The molecule has 1 heterocycles. The molecular formula is C16H30INO2. The molecule has 1 N–H and O–H groups in total. The van der Waals surface area contributed by atoms with E-state index >= 15 is 0 Å². The summed E-state index contributed by atoms with van der Waals surface area (Å²) in [5, 5.41) is 8.96. The van der Waals surface area contributed by atoms with Crippen LogP contribution in [0.3, 0.4) is 0 Å². The van der Waals surface area contributed by atoms with Crippen LogP contribution >= 0.6 is 22.6 Å². The fourth-order valence-corrected chi connectivity index (χ4v) is 3.07. The van der Waals surface area contributed by atoms with Crippen molar-refractivity contribution in [1.29, 1.82) is 0 Å². The molecule has 2 aliphatic rings. The maximum absolute atomic E-state index is 10.9. The quantitative estimate of drug-likeness (QED) is 0.563. The number of aliphatic carboxylic acids is 1. The van der Waals surface area contributed by atoms with Crippen molar-refractivity contribution in [2.75, 3.05) is 20.1 Å². The molecule has 1 spiro atoms. The fourth-order valence-electron chi connectivity index (χ4n) is 3.07. The average Bonchev–Trinajstić information content (AvgIpc) is 2.43. The molecule has 1 saturated heterocycles. The van der Waals surface area contributed by atoms with Gasteiger partial charge in [0.25, 0.3) is 0 Å². The molecule has 1 atom stereocenters. The first-order valence-corrected chi connectivity index (χ1v) is 9.18. The third-order valence-electron chi connectivity index (χ3n) is 5.01. The molecule has 1 aliphatic carbocycles. The number of piperidine rings is 1. The van der Waals surface area contributed by atoms with Crippen LogP contribution in [0.1, 0.15) is 58.8 Å². The molecule has 2 fully saturated rings. The number of halogens is 1. The number of nitrogens with zero attached hydrogens (tertiary/aromatic N) is 1. The third kappa shape index (κ3) is 5.88. The van der Waals surface area contributed by atoms with Crippen LogP contribution in [0.4, 0.5) is 0 Å². The molecule has 1 saturated carbocycles. The first-order chi connectivity index (χ1) is 9.38. The highest BCUT2D eigenvalue weighted by Gasteiger charge is 2.38. The van der Waals surface area contributed by atoms with Crippen LogP contribution in [-0.4, -0.2) is 40.0 Å². The molecule has 0 aromatic rings. The average molecular weight is 395 g/mol. The normalized spacial score (nSPS) is 24.8. The zero-order valence-electron chi connectivity index (χ0n) is 13.2. The van der Waals surface area contributed by atoms with Crippen molar-refractivity contribution in [3.63, 3.8) is 0 Å². The molecule has 20 heavy (non-hydrogen) atoms. The molecule has 0 bridgehead atoms. The minimum absolute atomic E-state index is 0.0599. The van der Waals surface area contributed by atoms with Gasteiger partial charge in [0, 0.05) is 3.92 Å². The Balaban J connectivity index is 0.000000347. The van der Waals surface area contributed by atoms with Crippen LogP contribution in [0.5, 0.6) is 0 Å². The second kappa shape index (κ2) is 8.57. The number of hydrogen-bond acceptors (Lipinski definition) is 2. The number of carboxylic acids is 1. The topological polar surface area (TPSA) is 40.5 Å². The smallest absolute Gasteiger partial charge is 0.306 e. The largest absolute Gasteiger partial charge is 0.481 e. The monoisotopic (exact) mass is 395 g/mol. The van der Waals surface area contributed by atoms with Gasteiger partial charge < -0.3 is 10.0 Å². The summed E-state index contributed by atoms with van der Waals surface area (Å²) in [5.41, 5.74) is 0.498. The Labute approximate surface area is 137 Å². The number of carbonyl (C=O) groups is 1. The van der Waals surface area contributed by atoms with Gasteiger partial charge in [0.2, 0.25) is 0 Å². The fraction of sp³-hybridized carbons (Fsp3) is 0.938. The number of alkyl halides is 1. The van der Waals surface area contributed by atoms with E-state index in [2.05, 4.69) is 48.4 Å². The van der Waals surface area contributed by atoms with Gasteiger partial charge in [-0.25, -0.2) is 0 Å². The summed E-state index contributed by atoms with van der Waals surface area (Å²) in [4.78, 5) is 13.3. The van der Waals surface area contributed by atoms with E-state index in [0.717, 1.165) is 29.6 Å². The van der Waals surface area contributed by atoms with Crippen molar-refractivity contribution in [3.05, 3.63) is 0 Å². The van der Waals surface area contributed by atoms with Crippen molar-refractivity contribution in [2.45, 2.75) is 62.7 Å². The molecule has 0 amide bonds. The Morgan fingerprint density at radius 2 is 1.75 bits per heavy atom. The zero-order valence-corrected chi connectivity index (χ0v) is 15.4. The van der Waals surface area contributed by atoms with E-state index in [1.165, 1.54) is 32.4 Å². The Bertz CT molecular complexity index is 289. The summed E-state index contributed by atoms with van der Waals surface area (Å²) in [6, 6.07) is 0. The zero-order chi connectivity index (χ0) is 15.2. The molecule has 1 aliphatic heterocycles. The van der Waals surface area contributed by atoms with Crippen LogP contribution in [0.15, 0.2) is 0 Å². The predicted molar refractivity (Wildman–Crippen MR) is 92.5 cm³/mol. The van der Waals surface area contributed by atoms with Crippen LogP contribution < -0.4 is 0 Å². The number of hydrogen-bond donors (Lipinski definition) is 1. The van der Waals surface area contributed by atoms with Gasteiger partial charge in [-0.1, -0.05) is 36.4 Å². The SMILES string of the molecule is CCC(C)I.CN1CCC2(CCC(C(=O)O)CC2)CC1. The number of rotatable bonds is 2. The maximum Gasteiger partial charge on any atom is 0.306 e. The minimum atomic E-state index is -0.585. The van der Waals surface area contributed by atoms with E-state index in [1.807, 2.05) is 0 Å². The molecule has 0 aromatic carbocycles. The summed E-state index contributed by atoms with van der Waals surface area (Å²) in [7, 11) is 2.18. The standard InChI is InChI=1S/C12H21NO2.C4H9I/c1-13-8-6-12(7-9-13)4-2-10(3-5-12)11(14)15;1-3-4(2)5/h10H,2-9H2,1H3,(H,14,15);4H,3H2,1-2H3. The molecule has 0 aromatic heterocycles. The van der Waals surface area contributed by atoms with E-state index < -0.39 is 5.97 Å². The van der Waals surface area contributed by atoms with Gasteiger partial charge in [-0.15, -0.1) is 0 Å². The van der Waals surface area contributed by atoms with E-state index in [-0.39, 0.29) is 5.92 Å². The Kier molecular flexibility index (Phi) is 7.80. The second-order valence-corrected chi connectivity index (χ2v) is 8.73. The first kappa shape index (κ1) is 18.2. The summed E-state index contributed by atoms with van der Waals surface area (Å²) in [6.45, 7) is 6.78. The molecule has 1 unspecified atom stereocenters. The number of likely N-dealkylation sites (tertiary alicyclic amines) is 1. The van der Waals surface area contributed by atoms with Crippen molar-refractivity contribution >= 4 is 28.6 Å². The molecular weight excluding hydrogens is 365 g/mol. The van der Waals surface area contributed by atoms with Gasteiger partial charge in [-0.3, -0.25) is 4.79 Å². The van der Waals surface area contributed by atoms with Crippen molar-refractivity contribution < 1.29 is 9.90 Å². The number of carboxylic acid groups (broad SMARTS) is 1. The van der Waals surface area contributed by atoms with Gasteiger partial charge >= 0.3 is 5.97 Å². The second-order valence-electron chi connectivity index (χ2n) is 6.60. The summed E-state index contributed by atoms with van der Waals surface area (Å²) in [6.07, 6.45) is 7.92. The highest BCUT2D eigenvalue weighted by atomic mass is 127. The van der Waals surface area contributed by atoms with Crippen molar-refractivity contribution in [2.24, 2.45) is 11.3 Å². The highest BCUT2D eigenvalue weighted by Crippen LogP contribution is 2.46.